The van der Waals surface area contributed by atoms with Gasteiger partial charge in [-0.15, -0.1) is 11.3 Å². The van der Waals surface area contributed by atoms with Gasteiger partial charge >= 0.3 is 0 Å². The number of hydrogen-bond acceptors (Lipinski definition) is 5. The maximum atomic E-state index is 6.20. The molecule has 102 valence electrons. The Morgan fingerprint density at radius 2 is 2.11 bits per heavy atom. The highest BCUT2D eigenvalue weighted by molar-refractivity contribution is 7.09. The maximum Gasteiger partial charge on any atom is 0.150 e. The van der Waals surface area contributed by atoms with Crippen LogP contribution in [-0.4, -0.2) is 24.1 Å². The monoisotopic (exact) mass is 316 g/mol. The third-order valence-corrected chi connectivity index (χ3v) is 4.22. The van der Waals surface area contributed by atoms with Gasteiger partial charge in [-0.05, 0) is 13.0 Å². The Morgan fingerprint density at radius 3 is 2.68 bits per heavy atom. The van der Waals surface area contributed by atoms with Crippen LogP contribution in [0.4, 0.5) is 11.6 Å². The van der Waals surface area contributed by atoms with Crippen LogP contribution in [0.1, 0.15) is 10.6 Å². The van der Waals surface area contributed by atoms with Gasteiger partial charge in [-0.2, -0.15) is 0 Å². The zero-order valence-electron chi connectivity index (χ0n) is 10.9. The van der Waals surface area contributed by atoms with Gasteiger partial charge in [-0.1, -0.05) is 23.2 Å². The van der Waals surface area contributed by atoms with E-state index in [4.69, 9.17) is 23.2 Å². The zero-order valence-corrected chi connectivity index (χ0v) is 13.2. The van der Waals surface area contributed by atoms with E-state index in [1.807, 2.05) is 24.4 Å². The third kappa shape index (κ3) is 3.11. The molecule has 0 radical (unpaired) electrons. The fourth-order valence-corrected chi connectivity index (χ4v) is 3.10. The average Bonchev–Trinajstić information content (AvgIpc) is 2.75. The van der Waals surface area contributed by atoms with Crippen molar-refractivity contribution >= 4 is 46.2 Å². The quantitative estimate of drug-likeness (QED) is 0.930. The summed E-state index contributed by atoms with van der Waals surface area (Å²) >= 11 is 13.9. The summed E-state index contributed by atoms with van der Waals surface area (Å²) in [6.07, 6.45) is 0. The molecule has 4 nitrogen and oxygen atoms in total. The Hall–Kier alpha value is -1.04. The molecular formula is C12H14Cl2N4S. The number of pyridine rings is 1. The maximum absolute atomic E-state index is 6.20. The smallest absolute Gasteiger partial charge is 0.150 e. The molecule has 0 saturated carbocycles. The van der Waals surface area contributed by atoms with Crippen molar-refractivity contribution in [1.82, 2.24) is 9.97 Å². The Kier molecular flexibility index (Phi) is 4.50. The van der Waals surface area contributed by atoms with Gasteiger partial charge in [-0.25, -0.2) is 9.97 Å². The van der Waals surface area contributed by atoms with Crippen LogP contribution >= 0.6 is 34.5 Å². The van der Waals surface area contributed by atoms with E-state index >= 15 is 0 Å². The topological polar surface area (TPSA) is 41.1 Å². The molecule has 2 rings (SSSR count). The second-order valence-corrected chi connectivity index (χ2v) is 5.84. The molecule has 2 heterocycles. The zero-order chi connectivity index (χ0) is 14.0. The van der Waals surface area contributed by atoms with E-state index in [1.54, 1.807) is 24.5 Å². The van der Waals surface area contributed by atoms with Crippen molar-refractivity contribution < 1.29 is 0 Å². The molecule has 0 aliphatic rings. The number of anilines is 2. The lowest BCUT2D eigenvalue weighted by Crippen LogP contribution is -2.18. The first-order valence-corrected chi connectivity index (χ1v) is 7.30. The minimum Gasteiger partial charge on any atom is -0.372 e. The molecule has 7 heteroatoms. The molecule has 19 heavy (non-hydrogen) atoms. The lowest BCUT2D eigenvalue weighted by molar-refractivity contribution is 0.902. The number of aryl methyl sites for hydroxylation is 1. The first-order valence-electron chi connectivity index (χ1n) is 5.66. The molecule has 0 aliphatic heterocycles. The average molecular weight is 317 g/mol. The molecule has 1 N–H and O–H groups in total. The second kappa shape index (κ2) is 5.94. The van der Waals surface area contributed by atoms with E-state index < -0.39 is 0 Å². The molecular weight excluding hydrogens is 303 g/mol. The standard InChI is InChI=1S/C12H14Cl2N4S/c1-7-10(19-6-16-7)5-18(3)12-9(14)4-8(13)11(15-2)17-12/h4,6H,5H2,1-3H3,(H,15,17). The lowest BCUT2D eigenvalue weighted by Gasteiger charge is -2.20. The van der Waals surface area contributed by atoms with Crippen molar-refractivity contribution in [3.63, 3.8) is 0 Å². The number of nitrogens with zero attached hydrogens (tertiary/aromatic N) is 3. The van der Waals surface area contributed by atoms with E-state index in [0.29, 0.717) is 28.2 Å². The number of rotatable bonds is 4. The summed E-state index contributed by atoms with van der Waals surface area (Å²) in [4.78, 5) is 11.9. The molecule has 0 amide bonds. The lowest BCUT2D eigenvalue weighted by atomic mass is 10.3. The first-order chi connectivity index (χ1) is 9.02. The van der Waals surface area contributed by atoms with E-state index in [2.05, 4.69) is 15.3 Å². The summed E-state index contributed by atoms with van der Waals surface area (Å²) in [5.74, 6) is 1.32. The molecule has 0 fully saturated rings. The van der Waals surface area contributed by atoms with Gasteiger partial charge < -0.3 is 10.2 Å². The summed E-state index contributed by atoms with van der Waals surface area (Å²) in [6, 6.07) is 1.70. The van der Waals surface area contributed by atoms with Gasteiger partial charge in [0.15, 0.2) is 0 Å². The van der Waals surface area contributed by atoms with Gasteiger partial charge in [0, 0.05) is 19.0 Å². The normalized spacial score (nSPS) is 10.6. The molecule has 0 aromatic carbocycles. The van der Waals surface area contributed by atoms with E-state index in [-0.39, 0.29) is 0 Å². The Labute approximate surface area is 126 Å². The Morgan fingerprint density at radius 1 is 1.37 bits per heavy atom. The van der Waals surface area contributed by atoms with Gasteiger partial charge in [0.1, 0.15) is 11.6 Å². The number of halogens is 2. The van der Waals surface area contributed by atoms with Gasteiger partial charge in [0.05, 0.1) is 27.8 Å². The summed E-state index contributed by atoms with van der Waals surface area (Å²) < 4.78 is 0. The number of aromatic nitrogens is 2. The van der Waals surface area contributed by atoms with Crippen LogP contribution in [0.15, 0.2) is 11.6 Å². The molecule has 0 atom stereocenters. The van der Waals surface area contributed by atoms with Crippen LogP contribution < -0.4 is 10.2 Å². The van der Waals surface area contributed by atoms with E-state index in [1.165, 1.54) is 4.88 Å². The van der Waals surface area contributed by atoms with Crippen molar-refractivity contribution in [2.75, 3.05) is 24.3 Å². The predicted molar refractivity (Wildman–Crippen MR) is 82.8 cm³/mol. The van der Waals surface area contributed by atoms with Gasteiger partial charge in [0.2, 0.25) is 0 Å². The fourth-order valence-electron chi connectivity index (χ4n) is 1.67. The largest absolute Gasteiger partial charge is 0.372 e. The minimum absolute atomic E-state index is 0.513. The van der Waals surface area contributed by atoms with Crippen molar-refractivity contribution in [2.24, 2.45) is 0 Å². The number of thiazole rings is 1. The fraction of sp³-hybridized carbons (Fsp3) is 0.333. The van der Waals surface area contributed by atoms with E-state index in [0.717, 1.165) is 5.69 Å². The first kappa shape index (κ1) is 14.4. The molecule has 0 spiro atoms. The van der Waals surface area contributed by atoms with Crippen LogP contribution in [-0.2, 0) is 6.54 Å². The third-order valence-electron chi connectivity index (χ3n) is 2.73. The summed E-state index contributed by atoms with van der Waals surface area (Å²) in [5.41, 5.74) is 2.88. The predicted octanol–water partition coefficient (Wildman–Crippen LogP) is 3.83. The van der Waals surface area contributed by atoms with Crippen LogP contribution in [0.25, 0.3) is 0 Å². The van der Waals surface area contributed by atoms with Crippen LogP contribution in [0.2, 0.25) is 10.0 Å². The highest BCUT2D eigenvalue weighted by Crippen LogP contribution is 2.31. The van der Waals surface area contributed by atoms with Gasteiger partial charge in [0.25, 0.3) is 0 Å². The number of hydrogen-bond donors (Lipinski definition) is 1. The Bertz CT molecular complexity index is 585. The SMILES string of the molecule is CNc1nc(N(C)Cc2scnc2C)c(Cl)cc1Cl. The van der Waals surface area contributed by atoms with Crippen molar-refractivity contribution in [3.8, 4) is 0 Å². The van der Waals surface area contributed by atoms with Crippen molar-refractivity contribution in [2.45, 2.75) is 13.5 Å². The Balaban J connectivity index is 2.28. The minimum atomic E-state index is 0.513. The van der Waals surface area contributed by atoms with Crippen molar-refractivity contribution in [1.29, 1.82) is 0 Å². The van der Waals surface area contributed by atoms with Crippen LogP contribution in [0.5, 0.6) is 0 Å². The second-order valence-electron chi connectivity index (χ2n) is 4.09. The summed E-state index contributed by atoms with van der Waals surface area (Å²) in [7, 11) is 3.72. The van der Waals surface area contributed by atoms with Crippen LogP contribution in [0, 0.1) is 6.92 Å². The molecule has 2 aromatic heterocycles. The molecule has 0 bridgehead atoms. The van der Waals surface area contributed by atoms with Crippen LogP contribution in [0.3, 0.4) is 0 Å². The molecule has 0 unspecified atom stereocenters. The number of nitrogens with one attached hydrogen (secondary N) is 1. The highest BCUT2D eigenvalue weighted by Gasteiger charge is 2.14. The van der Waals surface area contributed by atoms with Crippen molar-refractivity contribution in [3.05, 3.63) is 32.2 Å². The molecule has 0 saturated heterocycles. The van der Waals surface area contributed by atoms with Gasteiger partial charge in [-0.3, -0.25) is 0 Å². The summed E-state index contributed by atoms with van der Waals surface area (Å²) in [5, 5.41) is 4.00. The van der Waals surface area contributed by atoms with E-state index in [9.17, 15) is 0 Å². The summed E-state index contributed by atoms with van der Waals surface area (Å²) in [6.45, 7) is 2.71. The molecule has 2 aromatic rings. The highest BCUT2D eigenvalue weighted by atomic mass is 35.5. The molecule has 0 aliphatic carbocycles.